The van der Waals surface area contributed by atoms with Gasteiger partial charge in [0.15, 0.2) is 6.61 Å². The molecule has 0 aromatic heterocycles. The number of carbonyl (C=O) groups is 2. The normalized spacial score (nSPS) is 11.1. The average Bonchev–Trinajstić information content (AvgIpc) is 3.08. The van der Waals surface area contributed by atoms with Crippen molar-refractivity contribution in [1.29, 1.82) is 0 Å². The maximum atomic E-state index is 12.7. The van der Waals surface area contributed by atoms with Crippen LogP contribution < -0.4 is 0 Å². The molecule has 0 heterocycles. The maximum absolute atomic E-state index is 12.7. The quantitative estimate of drug-likeness (QED) is 0.0405. The second-order valence-electron chi connectivity index (χ2n) is 13.6. The fourth-order valence-electron chi connectivity index (χ4n) is 5.93. The SMILES string of the molecule is CCCCCCC#CCOC(=O)OCCCCN(CCO)CCCCCCCC(=O)OC(CCCCCCCC)CCCCCCCC. The summed E-state index contributed by atoms with van der Waals surface area (Å²) in [5, 5.41) is 9.47. The lowest BCUT2D eigenvalue weighted by molar-refractivity contribution is -0.150. The molecular formula is C41H77NO6. The standard InChI is InChI=1S/C41H77NO6/c1-4-7-10-13-16-22-28-37-46-41(45)47-38-29-27-34-42(35-36-43)33-26-21-17-20-25-32-40(44)48-39(30-23-18-14-11-8-5-2)31-24-19-15-12-9-6-3/h39,43H,4-21,23-27,29-38H2,1-3H3. The number of unbranched alkanes of at least 4 members (excludes halogenated alkanes) is 19. The van der Waals surface area contributed by atoms with Crippen LogP contribution in [0, 0.1) is 11.8 Å². The van der Waals surface area contributed by atoms with E-state index in [9.17, 15) is 14.7 Å². The van der Waals surface area contributed by atoms with Crippen molar-refractivity contribution in [1.82, 2.24) is 4.90 Å². The molecule has 0 aliphatic rings. The van der Waals surface area contributed by atoms with E-state index in [2.05, 4.69) is 37.5 Å². The molecule has 0 radical (unpaired) electrons. The molecule has 0 saturated carbocycles. The van der Waals surface area contributed by atoms with E-state index < -0.39 is 6.16 Å². The summed E-state index contributed by atoms with van der Waals surface area (Å²) in [6.45, 7) is 9.72. The first-order valence-electron chi connectivity index (χ1n) is 20.3. The summed E-state index contributed by atoms with van der Waals surface area (Å²) in [4.78, 5) is 26.6. The zero-order chi connectivity index (χ0) is 35.2. The molecule has 0 aliphatic heterocycles. The van der Waals surface area contributed by atoms with Gasteiger partial charge in [-0.15, -0.1) is 0 Å². The first-order chi connectivity index (χ1) is 23.6. The van der Waals surface area contributed by atoms with Crippen LogP contribution >= 0.6 is 0 Å². The molecule has 0 saturated heterocycles. The fourth-order valence-corrected chi connectivity index (χ4v) is 5.93. The summed E-state index contributed by atoms with van der Waals surface area (Å²) in [7, 11) is 0. The lowest BCUT2D eigenvalue weighted by Crippen LogP contribution is -2.29. The predicted octanol–water partition coefficient (Wildman–Crippen LogP) is 10.9. The number of rotatable bonds is 35. The molecular weight excluding hydrogens is 602 g/mol. The topological polar surface area (TPSA) is 85.3 Å². The lowest BCUT2D eigenvalue weighted by Gasteiger charge is -2.21. The molecule has 0 bridgehead atoms. The van der Waals surface area contributed by atoms with Crippen LogP contribution in [-0.2, 0) is 19.0 Å². The zero-order valence-electron chi connectivity index (χ0n) is 31.8. The average molecular weight is 680 g/mol. The van der Waals surface area contributed by atoms with Gasteiger partial charge in [-0.05, 0) is 70.9 Å². The second-order valence-corrected chi connectivity index (χ2v) is 13.6. The third kappa shape index (κ3) is 34.1. The molecule has 7 nitrogen and oxygen atoms in total. The van der Waals surface area contributed by atoms with Crippen molar-refractivity contribution in [3.8, 4) is 11.8 Å². The molecule has 0 fully saturated rings. The predicted molar refractivity (Wildman–Crippen MR) is 200 cm³/mol. The van der Waals surface area contributed by atoms with Gasteiger partial charge in [-0.2, -0.15) is 0 Å². The molecule has 0 aromatic carbocycles. The molecule has 0 atom stereocenters. The summed E-state index contributed by atoms with van der Waals surface area (Å²) in [5.74, 6) is 5.90. The van der Waals surface area contributed by atoms with Gasteiger partial charge in [0.25, 0.3) is 0 Å². The first kappa shape index (κ1) is 46.2. The van der Waals surface area contributed by atoms with Gasteiger partial charge in [-0.1, -0.05) is 135 Å². The van der Waals surface area contributed by atoms with E-state index in [4.69, 9.17) is 14.2 Å². The Kier molecular flexibility index (Phi) is 36.6. The molecule has 0 rings (SSSR count). The van der Waals surface area contributed by atoms with Crippen LogP contribution in [0.1, 0.15) is 194 Å². The molecule has 0 aliphatic carbocycles. The highest BCUT2D eigenvalue weighted by Crippen LogP contribution is 2.18. The van der Waals surface area contributed by atoms with Crippen molar-refractivity contribution in [3.63, 3.8) is 0 Å². The summed E-state index contributed by atoms with van der Waals surface area (Å²) < 4.78 is 16.2. The van der Waals surface area contributed by atoms with E-state index >= 15 is 0 Å². The molecule has 48 heavy (non-hydrogen) atoms. The van der Waals surface area contributed by atoms with E-state index in [0.29, 0.717) is 19.6 Å². The minimum Gasteiger partial charge on any atom is -0.462 e. The Morgan fingerprint density at radius 1 is 0.583 bits per heavy atom. The number of carbonyl (C=O) groups excluding carboxylic acids is 2. The minimum absolute atomic E-state index is 0.00910. The van der Waals surface area contributed by atoms with Crippen molar-refractivity contribution in [3.05, 3.63) is 0 Å². The Bertz CT molecular complexity index is 748. The van der Waals surface area contributed by atoms with Crippen LogP contribution in [0.4, 0.5) is 4.79 Å². The van der Waals surface area contributed by atoms with Crippen LogP contribution in [0.2, 0.25) is 0 Å². The number of hydrogen-bond acceptors (Lipinski definition) is 7. The Morgan fingerprint density at radius 2 is 1.10 bits per heavy atom. The summed E-state index contributed by atoms with van der Waals surface area (Å²) >= 11 is 0. The molecule has 0 unspecified atom stereocenters. The van der Waals surface area contributed by atoms with E-state index in [1.165, 1.54) is 96.3 Å². The molecule has 1 N–H and O–H groups in total. The molecule has 0 spiro atoms. The van der Waals surface area contributed by atoms with E-state index in [1.54, 1.807) is 0 Å². The number of aliphatic hydroxyl groups is 1. The van der Waals surface area contributed by atoms with Crippen molar-refractivity contribution in [2.75, 3.05) is 39.5 Å². The number of esters is 1. The van der Waals surface area contributed by atoms with Crippen molar-refractivity contribution in [2.24, 2.45) is 0 Å². The van der Waals surface area contributed by atoms with Gasteiger partial charge >= 0.3 is 12.1 Å². The Morgan fingerprint density at radius 3 is 1.71 bits per heavy atom. The van der Waals surface area contributed by atoms with Crippen molar-refractivity contribution in [2.45, 2.75) is 200 Å². The van der Waals surface area contributed by atoms with E-state index in [1.807, 2.05) is 0 Å². The van der Waals surface area contributed by atoms with E-state index in [0.717, 1.165) is 83.7 Å². The van der Waals surface area contributed by atoms with Crippen molar-refractivity contribution < 1.29 is 28.9 Å². The number of ether oxygens (including phenoxy) is 3. The lowest BCUT2D eigenvalue weighted by atomic mass is 10.0. The summed E-state index contributed by atoms with van der Waals surface area (Å²) in [5.41, 5.74) is 0. The summed E-state index contributed by atoms with van der Waals surface area (Å²) in [6, 6.07) is 0. The maximum Gasteiger partial charge on any atom is 0.509 e. The largest absolute Gasteiger partial charge is 0.509 e. The second kappa shape index (κ2) is 38.0. The number of hydrogen-bond donors (Lipinski definition) is 1. The third-order valence-corrected chi connectivity index (χ3v) is 8.96. The Labute approximate surface area is 297 Å². The van der Waals surface area contributed by atoms with Gasteiger partial charge in [-0.25, -0.2) is 4.79 Å². The van der Waals surface area contributed by atoms with Crippen LogP contribution in [0.5, 0.6) is 0 Å². The smallest absolute Gasteiger partial charge is 0.462 e. The van der Waals surface area contributed by atoms with Gasteiger partial charge in [0.1, 0.15) is 6.10 Å². The van der Waals surface area contributed by atoms with Gasteiger partial charge in [0, 0.05) is 19.4 Å². The van der Waals surface area contributed by atoms with Crippen LogP contribution in [-0.4, -0.2) is 67.7 Å². The molecule has 0 amide bonds. The van der Waals surface area contributed by atoms with Gasteiger partial charge in [0.05, 0.1) is 13.2 Å². The highest BCUT2D eigenvalue weighted by molar-refractivity contribution is 5.69. The zero-order valence-corrected chi connectivity index (χ0v) is 31.8. The summed E-state index contributed by atoms with van der Waals surface area (Å²) in [6.07, 6.45) is 29.8. The molecule has 282 valence electrons. The molecule has 0 aromatic rings. The first-order valence-corrected chi connectivity index (χ1v) is 20.3. The number of nitrogens with zero attached hydrogens (tertiary/aromatic N) is 1. The number of aliphatic hydroxyl groups excluding tert-OH is 1. The minimum atomic E-state index is -0.656. The molecule has 7 heteroatoms. The van der Waals surface area contributed by atoms with Crippen LogP contribution in [0.25, 0.3) is 0 Å². The Hall–Kier alpha value is -1.78. The monoisotopic (exact) mass is 680 g/mol. The van der Waals surface area contributed by atoms with Crippen LogP contribution in [0.15, 0.2) is 0 Å². The van der Waals surface area contributed by atoms with Crippen LogP contribution in [0.3, 0.4) is 0 Å². The van der Waals surface area contributed by atoms with Gasteiger partial charge in [-0.3, -0.25) is 4.79 Å². The highest BCUT2D eigenvalue weighted by Gasteiger charge is 2.14. The van der Waals surface area contributed by atoms with Gasteiger partial charge < -0.3 is 24.2 Å². The third-order valence-electron chi connectivity index (χ3n) is 8.96. The van der Waals surface area contributed by atoms with Crippen molar-refractivity contribution >= 4 is 12.1 Å². The highest BCUT2D eigenvalue weighted by atomic mass is 16.7. The Balaban J connectivity index is 4.04. The van der Waals surface area contributed by atoms with Gasteiger partial charge in [0.2, 0.25) is 0 Å². The fraction of sp³-hybridized carbons (Fsp3) is 0.902. The van der Waals surface area contributed by atoms with E-state index in [-0.39, 0.29) is 25.3 Å².